The van der Waals surface area contributed by atoms with Gasteiger partial charge in [0, 0.05) is 43.5 Å². The molecule has 0 bridgehead atoms. The summed E-state index contributed by atoms with van der Waals surface area (Å²) in [6, 6.07) is 10.5. The van der Waals surface area contributed by atoms with Crippen molar-refractivity contribution in [3.05, 3.63) is 93.8 Å². The summed E-state index contributed by atoms with van der Waals surface area (Å²) in [6.45, 7) is 0.821. The first-order valence-corrected chi connectivity index (χ1v) is 13.1. The molecular formula is C28H28F2N6O3. The molecule has 39 heavy (non-hydrogen) atoms. The molecule has 6 rings (SSSR count). The van der Waals surface area contributed by atoms with E-state index >= 15 is 0 Å². The van der Waals surface area contributed by atoms with Crippen molar-refractivity contribution in [3.8, 4) is 0 Å². The topological polar surface area (TPSA) is 119 Å². The first kappa shape index (κ1) is 25.2. The Morgan fingerprint density at radius 1 is 0.974 bits per heavy atom. The number of hydrogen-bond donors (Lipinski definition) is 2. The van der Waals surface area contributed by atoms with Crippen LogP contribution >= 0.6 is 0 Å². The second-order valence-corrected chi connectivity index (χ2v) is 10.1. The summed E-state index contributed by atoms with van der Waals surface area (Å²) in [5.41, 5.74) is 9.02. The predicted octanol–water partition coefficient (Wildman–Crippen LogP) is 4.49. The van der Waals surface area contributed by atoms with Gasteiger partial charge in [0.05, 0.1) is 11.2 Å². The number of halogens is 2. The minimum atomic E-state index is -0.924. The molecule has 1 fully saturated rings. The predicted molar refractivity (Wildman–Crippen MR) is 139 cm³/mol. The third-order valence-electron chi connectivity index (χ3n) is 7.90. The zero-order valence-electron chi connectivity index (χ0n) is 21.1. The monoisotopic (exact) mass is 534 g/mol. The number of imidazole rings is 1. The maximum absolute atomic E-state index is 14.7. The average molecular weight is 535 g/mol. The first-order valence-electron chi connectivity index (χ1n) is 13.1. The van der Waals surface area contributed by atoms with Crippen LogP contribution < -0.4 is 11.4 Å². The molecule has 1 aliphatic heterocycles. The Bertz CT molecular complexity index is 1580. The number of aromatic nitrogens is 4. The van der Waals surface area contributed by atoms with Gasteiger partial charge in [-0.25, -0.2) is 23.4 Å². The molecule has 2 aliphatic rings. The van der Waals surface area contributed by atoms with Crippen molar-refractivity contribution < 1.29 is 18.3 Å². The number of H-pyrrole nitrogens is 1. The van der Waals surface area contributed by atoms with E-state index in [2.05, 4.69) is 15.0 Å². The largest absolute Gasteiger partial charge is 0.440 e. The molecule has 3 aromatic heterocycles. The zero-order chi connectivity index (χ0) is 27.1. The number of aromatic amines is 1. The van der Waals surface area contributed by atoms with Gasteiger partial charge >= 0.3 is 11.8 Å². The molecule has 1 saturated heterocycles. The van der Waals surface area contributed by atoms with Crippen molar-refractivity contribution in [2.45, 2.75) is 49.8 Å². The smallest absolute Gasteiger partial charge is 0.410 e. The number of nitrogens with two attached hydrogens (primary N) is 1. The van der Waals surface area contributed by atoms with Crippen LogP contribution in [0.25, 0.3) is 11.2 Å². The van der Waals surface area contributed by atoms with Crippen LogP contribution in [0.5, 0.6) is 0 Å². The number of rotatable bonds is 3. The number of benzene rings is 1. The van der Waals surface area contributed by atoms with Gasteiger partial charge in [-0.15, -0.1) is 0 Å². The van der Waals surface area contributed by atoms with Gasteiger partial charge in [-0.2, -0.15) is 0 Å². The Morgan fingerprint density at radius 2 is 1.72 bits per heavy atom. The lowest BCUT2D eigenvalue weighted by atomic mass is 9.86. The molecule has 11 heteroatoms. The number of pyridine rings is 2. The van der Waals surface area contributed by atoms with Crippen LogP contribution in [0.15, 0.2) is 59.7 Å². The maximum atomic E-state index is 14.7. The maximum Gasteiger partial charge on any atom is 0.410 e. The van der Waals surface area contributed by atoms with E-state index in [0.717, 1.165) is 6.07 Å². The fourth-order valence-corrected chi connectivity index (χ4v) is 5.92. The van der Waals surface area contributed by atoms with Crippen molar-refractivity contribution >= 4 is 17.3 Å². The lowest BCUT2D eigenvalue weighted by Gasteiger charge is -2.32. The summed E-state index contributed by atoms with van der Waals surface area (Å²) >= 11 is 0. The number of ether oxygens (including phenoxy) is 1. The van der Waals surface area contributed by atoms with Crippen molar-refractivity contribution in [1.29, 1.82) is 0 Å². The second-order valence-electron chi connectivity index (χ2n) is 10.1. The third kappa shape index (κ3) is 4.56. The van der Waals surface area contributed by atoms with Crippen LogP contribution in [0.2, 0.25) is 0 Å². The Hall–Kier alpha value is -4.12. The Balaban J connectivity index is 1.18. The van der Waals surface area contributed by atoms with Gasteiger partial charge in [0.2, 0.25) is 0 Å². The van der Waals surface area contributed by atoms with E-state index in [1.54, 1.807) is 46.1 Å². The Morgan fingerprint density at radius 3 is 2.54 bits per heavy atom. The summed E-state index contributed by atoms with van der Waals surface area (Å²) in [5, 5.41) is 0. The third-order valence-corrected chi connectivity index (χ3v) is 7.90. The van der Waals surface area contributed by atoms with E-state index in [-0.39, 0.29) is 17.3 Å². The molecule has 9 nitrogen and oxygen atoms in total. The summed E-state index contributed by atoms with van der Waals surface area (Å²) < 4.78 is 36.3. The van der Waals surface area contributed by atoms with Crippen LogP contribution in [0.3, 0.4) is 0 Å². The van der Waals surface area contributed by atoms with Crippen LogP contribution in [-0.2, 0) is 4.74 Å². The molecule has 202 valence electrons. The highest BCUT2D eigenvalue weighted by Gasteiger charge is 2.36. The minimum absolute atomic E-state index is 0.0922. The van der Waals surface area contributed by atoms with Crippen LogP contribution in [0, 0.1) is 11.6 Å². The highest BCUT2D eigenvalue weighted by Crippen LogP contribution is 2.43. The lowest BCUT2D eigenvalue weighted by molar-refractivity contribution is 0.0472. The molecule has 3 atom stereocenters. The van der Waals surface area contributed by atoms with Gasteiger partial charge in [0.15, 0.2) is 17.3 Å². The zero-order valence-corrected chi connectivity index (χ0v) is 21.1. The fraction of sp³-hybridized carbons (Fsp3) is 0.357. The second kappa shape index (κ2) is 10.2. The molecule has 4 aromatic rings. The standard InChI is InChI=1S/C28H28F2N6O3/c29-20-6-1-4-17(23(20)30)18-8-9-22(25-19(24(18)31)5-2-12-32-25)39-28(38)35-14-10-16(11-15-35)36-26-21(34-27(36)37)7-3-13-33-26/h1-7,12-13,16,18,22,24H,8-11,14-15,31H2,(H,34,37)/t18-,22-,24-/m1/s1. The molecule has 0 radical (unpaired) electrons. The van der Waals surface area contributed by atoms with Crippen LogP contribution in [0.1, 0.15) is 66.6 Å². The van der Waals surface area contributed by atoms with E-state index in [9.17, 15) is 18.4 Å². The summed E-state index contributed by atoms with van der Waals surface area (Å²) in [5.74, 6) is -2.34. The molecule has 1 aromatic carbocycles. The van der Waals surface area contributed by atoms with Gasteiger partial charge in [-0.05, 0) is 61.1 Å². The number of hydrogen-bond acceptors (Lipinski definition) is 6. The van der Waals surface area contributed by atoms with E-state index < -0.39 is 35.8 Å². The number of nitrogens with zero attached hydrogens (tertiary/aromatic N) is 4. The number of likely N-dealkylation sites (tertiary alicyclic amines) is 1. The lowest BCUT2D eigenvalue weighted by Crippen LogP contribution is -2.41. The molecular weight excluding hydrogens is 506 g/mol. The van der Waals surface area contributed by atoms with Crippen LogP contribution in [-0.4, -0.2) is 43.6 Å². The highest BCUT2D eigenvalue weighted by molar-refractivity contribution is 5.70. The van der Waals surface area contributed by atoms with E-state index in [1.165, 1.54) is 6.07 Å². The number of amides is 1. The van der Waals surface area contributed by atoms with Crippen molar-refractivity contribution in [1.82, 2.24) is 24.4 Å². The van der Waals surface area contributed by atoms with Gasteiger partial charge in [0.1, 0.15) is 6.10 Å². The van der Waals surface area contributed by atoms with Gasteiger partial charge in [0.25, 0.3) is 0 Å². The SMILES string of the molecule is N[C@H]1c2cccnc2[C@H](OC(=O)N2CCC(n3c(=O)[nH]c4cccnc43)CC2)CC[C@@H]1c1cccc(F)c1F. The van der Waals surface area contributed by atoms with Gasteiger partial charge in [-0.1, -0.05) is 18.2 Å². The molecule has 1 aliphatic carbocycles. The number of fused-ring (bicyclic) bond motifs is 2. The van der Waals surface area contributed by atoms with Crippen LogP contribution in [0.4, 0.5) is 13.6 Å². The highest BCUT2D eigenvalue weighted by atomic mass is 19.2. The van der Waals surface area contributed by atoms with E-state index in [0.29, 0.717) is 61.2 Å². The summed E-state index contributed by atoms with van der Waals surface area (Å²) in [7, 11) is 0. The minimum Gasteiger partial charge on any atom is -0.440 e. The summed E-state index contributed by atoms with van der Waals surface area (Å²) in [6.07, 6.45) is 3.98. The van der Waals surface area contributed by atoms with Gasteiger partial charge < -0.3 is 20.4 Å². The number of piperidine rings is 1. The van der Waals surface area contributed by atoms with E-state index in [1.807, 2.05) is 6.07 Å². The van der Waals surface area contributed by atoms with Crippen molar-refractivity contribution in [2.24, 2.45) is 5.73 Å². The summed E-state index contributed by atoms with van der Waals surface area (Å²) in [4.78, 5) is 39.1. The molecule has 0 unspecified atom stereocenters. The first-order chi connectivity index (χ1) is 18.9. The number of nitrogens with one attached hydrogen (secondary N) is 1. The quantitative estimate of drug-likeness (QED) is 0.374. The molecule has 0 saturated carbocycles. The normalized spacial score (nSPS) is 21.9. The Kier molecular flexibility index (Phi) is 6.59. The average Bonchev–Trinajstić information content (AvgIpc) is 3.23. The number of carbonyl (C=O) groups is 1. The molecule has 3 N–H and O–H groups in total. The molecule has 0 spiro atoms. The molecule has 4 heterocycles. The van der Waals surface area contributed by atoms with Crippen molar-refractivity contribution in [2.75, 3.05) is 13.1 Å². The van der Waals surface area contributed by atoms with E-state index in [4.69, 9.17) is 10.5 Å². The molecule has 1 amide bonds. The van der Waals surface area contributed by atoms with Gasteiger partial charge in [-0.3, -0.25) is 9.55 Å². The fourth-order valence-electron chi connectivity index (χ4n) is 5.92. The van der Waals surface area contributed by atoms with Crippen molar-refractivity contribution in [3.63, 3.8) is 0 Å². The Labute approximate surface area is 222 Å². The number of carbonyl (C=O) groups excluding carboxylic acids is 1.